The zero-order valence-corrected chi connectivity index (χ0v) is 14.3. The summed E-state index contributed by atoms with van der Waals surface area (Å²) < 4.78 is 0. The summed E-state index contributed by atoms with van der Waals surface area (Å²) in [6.45, 7) is 4.60. The lowest BCUT2D eigenvalue weighted by atomic mass is 9.48. The van der Waals surface area contributed by atoms with Crippen LogP contribution in [0.15, 0.2) is 11.6 Å². The summed E-state index contributed by atoms with van der Waals surface area (Å²) in [6, 6.07) is 0. The van der Waals surface area contributed by atoms with Crippen molar-refractivity contribution < 1.29 is 9.90 Å². The monoisotopic (exact) mass is 312 g/mol. The molecule has 0 radical (unpaired) electrons. The standard InChI is InChI=1S/C21H28O2/c1-4-21(23)10-9-18-17-7-5-14-11-15(22)6-8-16(14)19(17)13(2)12-20(18,21)3/h1,11,13,16-19,23H,5-10,12H2,2-3H3/t13-,16?,17?,18?,19?,20?,21-/m0/s1. The van der Waals surface area contributed by atoms with E-state index < -0.39 is 5.60 Å². The van der Waals surface area contributed by atoms with E-state index in [9.17, 15) is 9.90 Å². The molecule has 2 nitrogen and oxygen atoms in total. The Bertz CT molecular complexity index is 612. The van der Waals surface area contributed by atoms with Gasteiger partial charge in [0.1, 0.15) is 5.60 Å². The summed E-state index contributed by atoms with van der Waals surface area (Å²) in [4.78, 5) is 11.8. The van der Waals surface area contributed by atoms with Crippen LogP contribution >= 0.6 is 0 Å². The van der Waals surface area contributed by atoms with Crippen LogP contribution in [0.3, 0.4) is 0 Å². The minimum absolute atomic E-state index is 0.131. The Morgan fingerprint density at radius 3 is 2.83 bits per heavy atom. The first kappa shape index (κ1) is 15.5. The van der Waals surface area contributed by atoms with Crippen LogP contribution in [0.2, 0.25) is 0 Å². The molecule has 4 rings (SSSR count). The first-order valence-electron chi connectivity index (χ1n) is 9.33. The number of ketones is 1. The molecular formula is C21H28O2. The van der Waals surface area contributed by atoms with E-state index in [1.807, 2.05) is 6.08 Å². The average Bonchev–Trinajstić information content (AvgIpc) is 2.78. The van der Waals surface area contributed by atoms with Gasteiger partial charge in [0.15, 0.2) is 5.78 Å². The number of allylic oxidation sites excluding steroid dienone is 1. The summed E-state index contributed by atoms with van der Waals surface area (Å²) in [5.41, 5.74) is 0.368. The molecule has 0 amide bonds. The molecule has 0 aliphatic heterocycles. The van der Waals surface area contributed by atoms with Gasteiger partial charge in [-0.1, -0.05) is 25.3 Å². The highest BCUT2D eigenvalue weighted by Crippen LogP contribution is 2.66. The van der Waals surface area contributed by atoms with E-state index in [0.717, 1.165) is 38.5 Å². The zero-order chi connectivity index (χ0) is 16.4. The molecule has 7 atom stereocenters. The first-order chi connectivity index (χ1) is 10.9. The van der Waals surface area contributed by atoms with Crippen LogP contribution in [-0.2, 0) is 4.79 Å². The summed E-state index contributed by atoms with van der Waals surface area (Å²) in [5.74, 6) is 6.15. The molecule has 4 aliphatic rings. The van der Waals surface area contributed by atoms with Gasteiger partial charge in [0.2, 0.25) is 0 Å². The van der Waals surface area contributed by atoms with E-state index in [4.69, 9.17) is 6.42 Å². The molecule has 3 saturated carbocycles. The predicted octanol–water partition coefficient (Wildman–Crippen LogP) is 3.74. The van der Waals surface area contributed by atoms with E-state index in [-0.39, 0.29) is 5.41 Å². The zero-order valence-electron chi connectivity index (χ0n) is 14.3. The van der Waals surface area contributed by atoms with Crippen LogP contribution in [0.1, 0.15) is 58.8 Å². The van der Waals surface area contributed by atoms with E-state index in [0.29, 0.717) is 35.4 Å². The van der Waals surface area contributed by atoms with E-state index >= 15 is 0 Å². The third-order valence-electron chi connectivity index (χ3n) is 7.99. The second kappa shape index (κ2) is 4.96. The highest BCUT2D eigenvalue weighted by molar-refractivity contribution is 5.91. The number of carbonyl (C=O) groups excluding carboxylic acids is 1. The Labute approximate surface area is 139 Å². The average molecular weight is 312 g/mol. The summed E-state index contributed by atoms with van der Waals surface area (Å²) >= 11 is 0. The number of carbonyl (C=O) groups is 1. The number of fused-ring (bicyclic) bond motifs is 5. The van der Waals surface area contributed by atoms with Crippen LogP contribution in [-0.4, -0.2) is 16.5 Å². The summed E-state index contributed by atoms with van der Waals surface area (Å²) in [7, 11) is 0. The molecule has 5 unspecified atom stereocenters. The second-order valence-electron chi connectivity index (χ2n) is 8.86. The Hall–Kier alpha value is -1.07. The van der Waals surface area contributed by atoms with E-state index in [1.54, 1.807) is 0 Å². The second-order valence-corrected chi connectivity index (χ2v) is 8.86. The van der Waals surface area contributed by atoms with Crippen molar-refractivity contribution in [2.24, 2.45) is 35.0 Å². The maximum absolute atomic E-state index is 11.8. The molecule has 2 heteroatoms. The topological polar surface area (TPSA) is 37.3 Å². The molecule has 0 heterocycles. The van der Waals surface area contributed by atoms with Crippen LogP contribution in [0, 0.1) is 47.3 Å². The fourth-order valence-electron chi connectivity index (χ4n) is 7.00. The predicted molar refractivity (Wildman–Crippen MR) is 90.4 cm³/mol. The lowest BCUT2D eigenvalue weighted by molar-refractivity contribution is -0.119. The van der Waals surface area contributed by atoms with E-state index in [2.05, 4.69) is 19.8 Å². The molecule has 1 N–H and O–H groups in total. The minimum atomic E-state index is -0.921. The maximum atomic E-state index is 11.8. The van der Waals surface area contributed by atoms with Crippen molar-refractivity contribution in [2.45, 2.75) is 64.4 Å². The van der Waals surface area contributed by atoms with Crippen molar-refractivity contribution in [2.75, 3.05) is 0 Å². The number of hydrogen-bond acceptors (Lipinski definition) is 2. The third kappa shape index (κ3) is 1.96. The number of aliphatic hydroxyl groups is 1. The highest BCUT2D eigenvalue weighted by atomic mass is 16.3. The number of rotatable bonds is 0. The molecule has 3 fully saturated rings. The Balaban J connectivity index is 1.70. The molecule has 4 aliphatic carbocycles. The normalized spacial score (nSPS) is 52.0. The summed E-state index contributed by atoms with van der Waals surface area (Å²) in [5, 5.41) is 11.0. The van der Waals surface area contributed by atoms with Crippen molar-refractivity contribution in [3.8, 4) is 12.3 Å². The smallest absolute Gasteiger partial charge is 0.155 e. The molecule has 0 aromatic heterocycles. The first-order valence-corrected chi connectivity index (χ1v) is 9.33. The fraction of sp³-hybridized carbons (Fsp3) is 0.762. The van der Waals surface area contributed by atoms with Gasteiger partial charge in [-0.2, -0.15) is 0 Å². The van der Waals surface area contributed by atoms with Gasteiger partial charge in [-0.05, 0) is 74.2 Å². The quantitative estimate of drug-likeness (QED) is 0.692. The number of hydrogen-bond donors (Lipinski definition) is 1. The van der Waals surface area contributed by atoms with Gasteiger partial charge in [0.25, 0.3) is 0 Å². The minimum Gasteiger partial charge on any atom is -0.377 e. The Kier molecular flexibility index (Phi) is 3.34. The van der Waals surface area contributed by atoms with Crippen LogP contribution in [0.5, 0.6) is 0 Å². The van der Waals surface area contributed by atoms with Crippen LogP contribution in [0.25, 0.3) is 0 Å². The molecule has 0 saturated heterocycles. The largest absolute Gasteiger partial charge is 0.377 e. The van der Waals surface area contributed by atoms with Crippen molar-refractivity contribution in [3.05, 3.63) is 11.6 Å². The Morgan fingerprint density at radius 1 is 1.30 bits per heavy atom. The lowest BCUT2D eigenvalue weighted by Crippen LogP contribution is -2.54. The van der Waals surface area contributed by atoms with Gasteiger partial charge >= 0.3 is 0 Å². The van der Waals surface area contributed by atoms with Crippen molar-refractivity contribution in [3.63, 3.8) is 0 Å². The van der Waals surface area contributed by atoms with Crippen molar-refractivity contribution in [1.29, 1.82) is 0 Å². The van der Waals surface area contributed by atoms with Crippen LogP contribution in [0.4, 0.5) is 0 Å². The van der Waals surface area contributed by atoms with Gasteiger partial charge < -0.3 is 5.11 Å². The van der Waals surface area contributed by atoms with Crippen LogP contribution < -0.4 is 0 Å². The van der Waals surface area contributed by atoms with Gasteiger partial charge in [0, 0.05) is 11.8 Å². The van der Waals surface area contributed by atoms with Crippen molar-refractivity contribution in [1.82, 2.24) is 0 Å². The molecule has 23 heavy (non-hydrogen) atoms. The third-order valence-corrected chi connectivity index (χ3v) is 7.99. The molecule has 124 valence electrons. The molecule has 0 spiro atoms. The van der Waals surface area contributed by atoms with Gasteiger partial charge in [0.05, 0.1) is 0 Å². The molecule has 0 aromatic carbocycles. The molecule has 0 bridgehead atoms. The number of terminal acetylenes is 1. The Morgan fingerprint density at radius 2 is 2.09 bits per heavy atom. The van der Waals surface area contributed by atoms with Gasteiger partial charge in [-0.3, -0.25) is 4.79 Å². The van der Waals surface area contributed by atoms with E-state index in [1.165, 1.54) is 12.0 Å². The summed E-state index contributed by atoms with van der Waals surface area (Å²) in [6.07, 6.45) is 14.6. The highest BCUT2D eigenvalue weighted by Gasteiger charge is 2.63. The maximum Gasteiger partial charge on any atom is 0.155 e. The van der Waals surface area contributed by atoms with Crippen molar-refractivity contribution >= 4 is 5.78 Å². The van der Waals surface area contributed by atoms with Gasteiger partial charge in [-0.15, -0.1) is 6.42 Å². The molecule has 0 aromatic rings. The lowest BCUT2D eigenvalue weighted by Gasteiger charge is -2.57. The fourth-order valence-corrected chi connectivity index (χ4v) is 7.00. The van der Waals surface area contributed by atoms with Gasteiger partial charge in [-0.25, -0.2) is 0 Å². The molecular weight excluding hydrogens is 284 g/mol. The SMILES string of the molecule is C#C[C@]1(O)CCC2C3CCC4=CC(=O)CCC4C3[C@@H](C)CC21C.